The van der Waals surface area contributed by atoms with Crippen LogP contribution in [0.25, 0.3) is 0 Å². The van der Waals surface area contributed by atoms with Crippen LogP contribution in [0.3, 0.4) is 0 Å². The molecule has 110 valence electrons. The molecule has 1 fully saturated rings. The highest BCUT2D eigenvalue weighted by Gasteiger charge is 2.35. The van der Waals surface area contributed by atoms with Gasteiger partial charge >= 0.3 is 5.97 Å². The summed E-state index contributed by atoms with van der Waals surface area (Å²) in [7, 11) is 0. The Hall–Kier alpha value is -0.750. The summed E-state index contributed by atoms with van der Waals surface area (Å²) in [5, 5.41) is 11.8. The van der Waals surface area contributed by atoms with E-state index in [1.165, 1.54) is 0 Å². The fourth-order valence-electron chi connectivity index (χ4n) is 2.35. The third kappa shape index (κ3) is 5.03. The van der Waals surface area contributed by atoms with Crippen molar-refractivity contribution in [3.63, 3.8) is 0 Å². The number of hydrogen-bond acceptors (Lipinski definition) is 4. The molecular weight excluding hydrogens is 264 g/mol. The molecule has 0 aromatic rings. The highest BCUT2D eigenvalue weighted by molar-refractivity contribution is 7.98. The van der Waals surface area contributed by atoms with Gasteiger partial charge in [-0.1, -0.05) is 13.8 Å². The van der Waals surface area contributed by atoms with Crippen molar-refractivity contribution in [1.82, 2.24) is 10.2 Å². The molecule has 0 bridgehead atoms. The third-order valence-corrected chi connectivity index (χ3v) is 4.42. The number of nitrogens with one attached hydrogen (secondary N) is 1. The Morgan fingerprint density at radius 2 is 2.11 bits per heavy atom. The van der Waals surface area contributed by atoms with Gasteiger partial charge in [-0.2, -0.15) is 11.8 Å². The minimum atomic E-state index is -0.789. The Kier molecular flexibility index (Phi) is 6.65. The summed E-state index contributed by atoms with van der Waals surface area (Å²) in [6.45, 7) is 4.73. The summed E-state index contributed by atoms with van der Waals surface area (Å²) >= 11 is 1.67. The largest absolute Gasteiger partial charge is 0.480 e. The molecule has 1 atom stereocenters. The van der Waals surface area contributed by atoms with Crippen molar-refractivity contribution in [2.45, 2.75) is 38.8 Å². The minimum absolute atomic E-state index is 0.0374. The Labute approximate surface area is 119 Å². The smallest absolute Gasteiger partial charge is 0.317 e. The summed E-state index contributed by atoms with van der Waals surface area (Å²) < 4.78 is 0. The standard InChI is InChI=1S/C13H24N2O3S/c1-4-15(7-12(16)17)11-5-10(6-11)14-13(18)9(2)8-19-3/h9-11H,4-8H2,1-3H3,(H,14,18)(H,16,17). The van der Waals surface area contributed by atoms with Crippen molar-refractivity contribution >= 4 is 23.6 Å². The first-order valence-corrected chi connectivity index (χ1v) is 8.12. The molecule has 1 unspecified atom stereocenters. The van der Waals surface area contributed by atoms with Crippen molar-refractivity contribution in [1.29, 1.82) is 0 Å². The first-order chi connectivity index (χ1) is 8.97. The van der Waals surface area contributed by atoms with Crippen LogP contribution in [0.5, 0.6) is 0 Å². The normalized spacial score (nSPS) is 23.8. The fraction of sp³-hybridized carbons (Fsp3) is 0.846. The van der Waals surface area contributed by atoms with Gasteiger partial charge in [0.25, 0.3) is 0 Å². The van der Waals surface area contributed by atoms with Crippen LogP contribution < -0.4 is 5.32 Å². The number of rotatable bonds is 8. The number of carbonyl (C=O) groups is 2. The summed E-state index contributed by atoms with van der Waals surface area (Å²) in [5.74, 6) is 0.194. The van der Waals surface area contributed by atoms with Crippen LogP contribution in [0.2, 0.25) is 0 Å². The summed E-state index contributed by atoms with van der Waals surface area (Å²) in [5.41, 5.74) is 0. The molecule has 1 amide bonds. The number of aliphatic carboxylic acids is 1. The van der Waals surface area contributed by atoms with E-state index in [4.69, 9.17) is 5.11 Å². The highest BCUT2D eigenvalue weighted by Crippen LogP contribution is 2.25. The maximum atomic E-state index is 11.8. The van der Waals surface area contributed by atoms with E-state index >= 15 is 0 Å². The molecule has 0 spiro atoms. The first-order valence-electron chi connectivity index (χ1n) is 6.73. The second-order valence-corrected chi connectivity index (χ2v) is 6.05. The maximum Gasteiger partial charge on any atom is 0.317 e. The number of carboxylic acids is 1. The van der Waals surface area contributed by atoms with E-state index in [-0.39, 0.29) is 24.4 Å². The zero-order valence-corrected chi connectivity index (χ0v) is 12.7. The first kappa shape index (κ1) is 16.3. The molecule has 6 heteroatoms. The van der Waals surface area contributed by atoms with Gasteiger partial charge in [0, 0.05) is 23.8 Å². The number of amides is 1. The second kappa shape index (κ2) is 7.75. The number of carboxylic acid groups (broad SMARTS) is 1. The molecule has 1 saturated carbocycles. The monoisotopic (exact) mass is 288 g/mol. The number of thioether (sulfide) groups is 1. The van der Waals surface area contributed by atoms with Crippen molar-refractivity contribution in [2.24, 2.45) is 5.92 Å². The van der Waals surface area contributed by atoms with Crippen LogP contribution in [-0.2, 0) is 9.59 Å². The van der Waals surface area contributed by atoms with Crippen LogP contribution in [-0.4, -0.2) is 59.1 Å². The van der Waals surface area contributed by atoms with E-state index in [2.05, 4.69) is 5.32 Å². The van der Waals surface area contributed by atoms with E-state index in [9.17, 15) is 9.59 Å². The quantitative estimate of drug-likeness (QED) is 0.698. The van der Waals surface area contributed by atoms with Gasteiger partial charge in [0.15, 0.2) is 0 Å². The molecule has 0 aliphatic heterocycles. The van der Waals surface area contributed by atoms with E-state index in [0.717, 1.165) is 25.1 Å². The van der Waals surface area contributed by atoms with E-state index < -0.39 is 5.97 Å². The van der Waals surface area contributed by atoms with Gasteiger partial charge in [0.1, 0.15) is 0 Å². The van der Waals surface area contributed by atoms with Crippen molar-refractivity contribution in [3.8, 4) is 0 Å². The molecular formula is C13H24N2O3S. The number of likely N-dealkylation sites (N-methyl/N-ethyl adjacent to an activating group) is 1. The number of carbonyl (C=O) groups excluding carboxylic acids is 1. The van der Waals surface area contributed by atoms with Crippen LogP contribution in [0.1, 0.15) is 26.7 Å². The van der Waals surface area contributed by atoms with Gasteiger partial charge in [-0.05, 0) is 25.6 Å². The fourth-order valence-corrected chi connectivity index (χ4v) is 3.00. The molecule has 0 saturated heterocycles. The lowest BCUT2D eigenvalue weighted by Gasteiger charge is -2.42. The predicted molar refractivity (Wildman–Crippen MR) is 77.4 cm³/mol. The van der Waals surface area contributed by atoms with Gasteiger partial charge in [-0.3, -0.25) is 14.5 Å². The number of hydrogen-bond donors (Lipinski definition) is 2. The lowest BCUT2D eigenvalue weighted by atomic mass is 9.85. The second-order valence-electron chi connectivity index (χ2n) is 5.14. The molecule has 5 nitrogen and oxygen atoms in total. The molecule has 1 aliphatic carbocycles. The maximum absolute atomic E-state index is 11.8. The van der Waals surface area contributed by atoms with Crippen molar-refractivity contribution < 1.29 is 14.7 Å². The molecule has 19 heavy (non-hydrogen) atoms. The minimum Gasteiger partial charge on any atom is -0.480 e. The van der Waals surface area contributed by atoms with E-state index in [1.807, 2.05) is 25.0 Å². The Balaban J connectivity index is 2.29. The SMILES string of the molecule is CCN(CC(=O)O)C1CC(NC(=O)C(C)CSC)C1. The van der Waals surface area contributed by atoms with Gasteiger partial charge in [0.05, 0.1) is 6.54 Å². The Morgan fingerprint density at radius 1 is 1.47 bits per heavy atom. The highest BCUT2D eigenvalue weighted by atomic mass is 32.2. The van der Waals surface area contributed by atoms with E-state index in [1.54, 1.807) is 11.8 Å². The summed E-state index contributed by atoms with van der Waals surface area (Å²) in [6, 6.07) is 0.506. The zero-order chi connectivity index (χ0) is 14.4. The molecule has 2 N–H and O–H groups in total. The van der Waals surface area contributed by atoms with Gasteiger partial charge in [-0.25, -0.2) is 0 Å². The van der Waals surface area contributed by atoms with E-state index in [0.29, 0.717) is 6.04 Å². The topological polar surface area (TPSA) is 69.6 Å². The number of nitrogens with zero attached hydrogens (tertiary/aromatic N) is 1. The lowest BCUT2D eigenvalue weighted by molar-refractivity contribution is -0.140. The predicted octanol–water partition coefficient (Wildman–Crippen LogP) is 1.04. The Morgan fingerprint density at radius 3 is 2.58 bits per heavy atom. The van der Waals surface area contributed by atoms with Crippen LogP contribution in [0.4, 0.5) is 0 Å². The van der Waals surface area contributed by atoms with Crippen molar-refractivity contribution in [2.75, 3.05) is 25.1 Å². The molecule has 1 rings (SSSR count). The molecule has 0 aromatic heterocycles. The zero-order valence-electron chi connectivity index (χ0n) is 11.9. The average molecular weight is 288 g/mol. The van der Waals surface area contributed by atoms with Crippen molar-refractivity contribution in [3.05, 3.63) is 0 Å². The molecule has 1 aliphatic rings. The molecule has 0 aromatic carbocycles. The summed E-state index contributed by atoms with van der Waals surface area (Å²) in [6.07, 6.45) is 3.71. The average Bonchev–Trinajstić information content (AvgIpc) is 2.30. The van der Waals surface area contributed by atoms with Crippen LogP contribution in [0, 0.1) is 5.92 Å². The lowest BCUT2D eigenvalue weighted by Crippen LogP contribution is -2.55. The third-order valence-electron chi connectivity index (χ3n) is 3.58. The molecule has 0 heterocycles. The Bertz CT molecular complexity index is 319. The molecule has 0 radical (unpaired) electrons. The van der Waals surface area contributed by atoms with Gasteiger partial charge < -0.3 is 10.4 Å². The van der Waals surface area contributed by atoms with Gasteiger partial charge in [-0.15, -0.1) is 0 Å². The van der Waals surface area contributed by atoms with Crippen LogP contribution >= 0.6 is 11.8 Å². The summed E-state index contributed by atoms with van der Waals surface area (Å²) in [4.78, 5) is 24.5. The van der Waals surface area contributed by atoms with Crippen LogP contribution in [0.15, 0.2) is 0 Å². The van der Waals surface area contributed by atoms with Gasteiger partial charge in [0.2, 0.25) is 5.91 Å².